The van der Waals surface area contributed by atoms with Crippen molar-refractivity contribution in [2.45, 2.75) is 6.42 Å². The average molecular weight is 540 g/mol. The van der Waals surface area contributed by atoms with Crippen LogP contribution in [-0.4, -0.2) is 72.0 Å². The molecule has 1 fully saturated rings. The molecule has 0 aliphatic carbocycles. The van der Waals surface area contributed by atoms with E-state index in [0.717, 1.165) is 50.7 Å². The van der Waals surface area contributed by atoms with Gasteiger partial charge in [0.2, 0.25) is 5.75 Å². The fourth-order valence-electron chi connectivity index (χ4n) is 3.82. The van der Waals surface area contributed by atoms with Crippen molar-refractivity contribution in [3.05, 3.63) is 48.0 Å². The third-order valence-electron chi connectivity index (χ3n) is 5.38. The summed E-state index contributed by atoms with van der Waals surface area (Å²) >= 11 is 0. The first kappa shape index (κ1) is 24.9. The van der Waals surface area contributed by atoms with Crippen molar-refractivity contribution >= 4 is 35.6 Å². The van der Waals surface area contributed by atoms with Crippen molar-refractivity contribution < 1.29 is 14.2 Å². The highest BCUT2D eigenvalue weighted by molar-refractivity contribution is 14.0. The highest BCUT2D eigenvalue weighted by atomic mass is 127. The van der Waals surface area contributed by atoms with Crippen LogP contribution in [-0.2, 0) is 6.42 Å². The zero-order valence-corrected chi connectivity index (χ0v) is 21.1. The molecule has 31 heavy (non-hydrogen) atoms. The largest absolute Gasteiger partial charge is 0.493 e. The molecule has 1 heterocycles. The summed E-state index contributed by atoms with van der Waals surface area (Å²) in [5, 5.41) is 3.49. The lowest BCUT2D eigenvalue weighted by molar-refractivity contribution is 0.322. The molecule has 0 amide bonds. The number of hydrogen-bond donors (Lipinski definition) is 1. The van der Waals surface area contributed by atoms with Gasteiger partial charge in [0.15, 0.2) is 17.5 Å². The first-order valence-corrected chi connectivity index (χ1v) is 10.2. The zero-order chi connectivity index (χ0) is 21.3. The second kappa shape index (κ2) is 12.5. The maximum atomic E-state index is 5.58. The molecule has 8 heteroatoms. The molecular weight excluding hydrogens is 507 g/mol. The van der Waals surface area contributed by atoms with Crippen LogP contribution in [0.5, 0.6) is 17.2 Å². The third-order valence-corrected chi connectivity index (χ3v) is 5.38. The lowest BCUT2D eigenvalue weighted by Crippen LogP contribution is -2.52. The van der Waals surface area contributed by atoms with Crippen LogP contribution >= 0.6 is 24.0 Å². The zero-order valence-electron chi connectivity index (χ0n) is 18.8. The number of aliphatic imine (C=N–C) groups is 1. The molecule has 170 valence electrons. The Morgan fingerprint density at radius 3 is 2.16 bits per heavy atom. The molecule has 2 aromatic rings. The fraction of sp³-hybridized carbons (Fsp3) is 0.435. The fourth-order valence-corrected chi connectivity index (χ4v) is 3.82. The SMILES string of the molecule is CN=C(NCCc1ccc(OC)c(OC)c1OC)N1CCN(c2ccccc2)CC1.I. The van der Waals surface area contributed by atoms with Crippen LogP contribution in [0.15, 0.2) is 47.5 Å². The van der Waals surface area contributed by atoms with Crippen molar-refractivity contribution in [1.82, 2.24) is 10.2 Å². The molecule has 0 spiro atoms. The summed E-state index contributed by atoms with van der Waals surface area (Å²) in [6.45, 7) is 4.59. The van der Waals surface area contributed by atoms with E-state index in [0.29, 0.717) is 17.2 Å². The molecule has 1 aliphatic heterocycles. The van der Waals surface area contributed by atoms with E-state index in [1.165, 1.54) is 5.69 Å². The molecule has 0 atom stereocenters. The Labute approximate surface area is 202 Å². The Balaban J connectivity index is 0.00000341. The van der Waals surface area contributed by atoms with Crippen LogP contribution in [0.3, 0.4) is 0 Å². The van der Waals surface area contributed by atoms with E-state index in [4.69, 9.17) is 14.2 Å². The van der Waals surface area contributed by atoms with Gasteiger partial charge in [-0.3, -0.25) is 4.99 Å². The maximum absolute atomic E-state index is 5.58. The quantitative estimate of drug-likeness (QED) is 0.331. The minimum atomic E-state index is 0. The minimum absolute atomic E-state index is 0. The Morgan fingerprint density at radius 2 is 1.58 bits per heavy atom. The summed E-state index contributed by atoms with van der Waals surface area (Å²) in [7, 11) is 6.74. The second-order valence-corrected chi connectivity index (χ2v) is 7.03. The first-order valence-electron chi connectivity index (χ1n) is 10.2. The van der Waals surface area contributed by atoms with E-state index >= 15 is 0 Å². The van der Waals surface area contributed by atoms with Gasteiger partial charge in [-0.25, -0.2) is 0 Å². The van der Waals surface area contributed by atoms with Gasteiger partial charge >= 0.3 is 0 Å². The molecule has 0 aromatic heterocycles. The number of nitrogens with one attached hydrogen (secondary N) is 1. The Hall–Kier alpha value is -2.36. The molecule has 1 saturated heterocycles. The average Bonchev–Trinajstić information content (AvgIpc) is 2.82. The Kier molecular flexibility index (Phi) is 10.0. The smallest absolute Gasteiger partial charge is 0.203 e. The number of rotatable bonds is 7. The van der Waals surface area contributed by atoms with Crippen LogP contribution in [0, 0.1) is 0 Å². The predicted molar refractivity (Wildman–Crippen MR) is 137 cm³/mol. The summed E-state index contributed by atoms with van der Waals surface area (Å²) in [4.78, 5) is 9.21. The van der Waals surface area contributed by atoms with Crippen molar-refractivity contribution in [3.8, 4) is 17.2 Å². The van der Waals surface area contributed by atoms with Crippen molar-refractivity contribution in [3.63, 3.8) is 0 Å². The summed E-state index contributed by atoms with van der Waals surface area (Å²) in [5.41, 5.74) is 2.34. The van der Waals surface area contributed by atoms with Gasteiger partial charge in [0, 0.05) is 51.0 Å². The summed E-state index contributed by atoms with van der Waals surface area (Å²) in [6.07, 6.45) is 0.784. The summed E-state index contributed by atoms with van der Waals surface area (Å²) in [6, 6.07) is 14.5. The lowest BCUT2D eigenvalue weighted by Gasteiger charge is -2.37. The van der Waals surface area contributed by atoms with Crippen LogP contribution in [0.2, 0.25) is 0 Å². The minimum Gasteiger partial charge on any atom is -0.493 e. The van der Waals surface area contributed by atoms with Gasteiger partial charge in [0.25, 0.3) is 0 Å². The molecule has 1 N–H and O–H groups in total. The van der Waals surface area contributed by atoms with Gasteiger partial charge in [-0.05, 0) is 24.6 Å². The van der Waals surface area contributed by atoms with Gasteiger partial charge < -0.3 is 29.3 Å². The van der Waals surface area contributed by atoms with Gasteiger partial charge in [-0.2, -0.15) is 0 Å². The van der Waals surface area contributed by atoms with Gasteiger partial charge in [0.1, 0.15) is 0 Å². The summed E-state index contributed by atoms with van der Waals surface area (Å²) < 4.78 is 16.4. The number of methoxy groups -OCH3 is 3. The highest BCUT2D eigenvalue weighted by Crippen LogP contribution is 2.39. The van der Waals surface area contributed by atoms with Crippen molar-refractivity contribution in [1.29, 1.82) is 0 Å². The van der Waals surface area contributed by atoms with Crippen molar-refractivity contribution in [2.75, 3.05) is 66.0 Å². The standard InChI is InChI=1S/C23H32N4O3.HI/c1-24-23(27-16-14-26(15-17-27)19-8-6-5-7-9-19)25-13-12-18-10-11-20(28-2)22(30-4)21(18)29-3;/h5-11H,12-17H2,1-4H3,(H,24,25);1H. The number of benzene rings is 2. The molecule has 0 saturated carbocycles. The number of hydrogen-bond acceptors (Lipinski definition) is 5. The Morgan fingerprint density at radius 1 is 0.903 bits per heavy atom. The molecule has 7 nitrogen and oxygen atoms in total. The molecular formula is C23H33IN4O3. The number of halogens is 1. The monoisotopic (exact) mass is 540 g/mol. The molecule has 0 radical (unpaired) electrons. The van der Waals surface area contributed by atoms with Gasteiger partial charge in [-0.1, -0.05) is 24.3 Å². The number of ether oxygens (including phenoxy) is 3. The van der Waals surface area contributed by atoms with Gasteiger partial charge in [-0.15, -0.1) is 24.0 Å². The van der Waals surface area contributed by atoms with E-state index in [1.54, 1.807) is 21.3 Å². The maximum Gasteiger partial charge on any atom is 0.203 e. The second-order valence-electron chi connectivity index (χ2n) is 7.03. The van der Waals surface area contributed by atoms with E-state index in [2.05, 4.69) is 50.4 Å². The predicted octanol–water partition coefficient (Wildman–Crippen LogP) is 3.27. The van der Waals surface area contributed by atoms with Crippen LogP contribution in [0.25, 0.3) is 0 Å². The molecule has 2 aromatic carbocycles. The molecule has 3 rings (SSSR count). The van der Waals surface area contributed by atoms with E-state index < -0.39 is 0 Å². The normalized spacial score (nSPS) is 14.0. The third kappa shape index (κ3) is 6.09. The number of para-hydroxylation sites is 1. The number of anilines is 1. The Bertz CT molecular complexity index is 840. The summed E-state index contributed by atoms with van der Waals surface area (Å²) in [5.74, 6) is 2.93. The first-order chi connectivity index (χ1) is 14.7. The number of piperazine rings is 1. The molecule has 0 bridgehead atoms. The lowest BCUT2D eigenvalue weighted by atomic mass is 10.1. The van der Waals surface area contributed by atoms with Crippen LogP contribution in [0.4, 0.5) is 5.69 Å². The van der Waals surface area contributed by atoms with E-state index in [1.807, 2.05) is 19.2 Å². The van der Waals surface area contributed by atoms with Gasteiger partial charge in [0.05, 0.1) is 21.3 Å². The van der Waals surface area contributed by atoms with E-state index in [9.17, 15) is 0 Å². The van der Waals surface area contributed by atoms with Crippen molar-refractivity contribution in [2.24, 2.45) is 4.99 Å². The highest BCUT2D eigenvalue weighted by Gasteiger charge is 2.20. The van der Waals surface area contributed by atoms with Crippen LogP contribution in [0.1, 0.15) is 5.56 Å². The van der Waals surface area contributed by atoms with E-state index in [-0.39, 0.29) is 24.0 Å². The number of nitrogens with zero attached hydrogens (tertiary/aromatic N) is 3. The molecule has 0 unspecified atom stereocenters. The molecule has 1 aliphatic rings. The number of guanidine groups is 1. The van der Waals surface area contributed by atoms with Crippen LogP contribution < -0.4 is 24.4 Å². The topological polar surface area (TPSA) is 58.6 Å².